The van der Waals surface area contributed by atoms with Crippen LogP contribution >= 0.6 is 8.38 Å². The summed E-state index contributed by atoms with van der Waals surface area (Å²) < 4.78 is 32.5. The van der Waals surface area contributed by atoms with E-state index in [4.69, 9.17) is 4.74 Å². The lowest BCUT2D eigenvalue weighted by Gasteiger charge is -2.20. The quantitative estimate of drug-likeness (QED) is 0.363. The molecule has 1 atom stereocenters. The van der Waals surface area contributed by atoms with E-state index in [1.165, 1.54) is 12.1 Å². The Balaban J connectivity index is 1.37. The molecule has 3 aromatic rings. The molecule has 8 nitrogen and oxygen atoms in total. The van der Waals surface area contributed by atoms with Crippen LogP contribution in [0.25, 0.3) is 11.1 Å². The average Bonchev–Trinajstić information content (AvgIpc) is 3.14. The lowest BCUT2D eigenvalue weighted by molar-refractivity contribution is 0.143. The lowest BCUT2D eigenvalue weighted by Crippen LogP contribution is -2.42. The van der Waals surface area contributed by atoms with E-state index in [0.29, 0.717) is 0 Å². The number of sulfonamides is 1. The molecule has 172 valence electrons. The fourth-order valence-electron chi connectivity index (χ4n) is 3.85. The van der Waals surface area contributed by atoms with Crippen molar-refractivity contribution in [1.82, 2.24) is 10.0 Å². The van der Waals surface area contributed by atoms with E-state index < -0.39 is 30.3 Å². The third kappa shape index (κ3) is 5.24. The molecule has 0 bridgehead atoms. The van der Waals surface area contributed by atoms with Gasteiger partial charge >= 0.3 is 6.09 Å². The fourth-order valence-corrected chi connectivity index (χ4v) is 5.99. The predicted molar refractivity (Wildman–Crippen MR) is 125 cm³/mol. The van der Waals surface area contributed by atoms with Gasteiger partial charge in [-0.05, 0) is 34.4 Å². The van der Waals surface area contributed by atoms with Crippen molar-refractivity contribution in [3.63, 3.8) is 0 Å². The summed E-state index contributed by atoms with van der Waals surface area (Å²) in [4.78, 5) is 31.6. The van der Waals surface area contributed by atoms with E-state index in [0.717, 1.165) is 22.3 Å². The zero-order valence-electron chi connectivity index (χ0n) is 17.5. The number of ether oxygens (including phenoxy) is 1. The number of nitrogens with one attached hydrogen (secondary N) is 2. The highest BCUT2D eigenvalue weighted by Gasteiger charge is 2.30. The maximum absolute atomic E-state index is 12.5. The van der Waals surface area contributed by atoms with Gasteiger partial charge in [0, 0.05) is 12.5 Å². The molecule has 0 heterocycles. The van der Waals surface area contributed by atoms with E-state index in [-0.39, 0.29) is 24.0 Å². The van der Waals surface area contributed by atoms with Crippen molar-refractivity contribution >= 4 is 24.5 Å². The summed E-state index contributed by atoms with van der Waals surface area (Å²) in [7, 11) is -6.69. The Hall–Kier alpha value is -2.81. The van der Waals surface area contributed by atoms with E-state index in [1.807, 2.05) is 48.5 Å². The minimum Gasteiger partial charge on any atom is -0.449 e. The summed E-state index contributed by atoms with van der Waals surface area (Å²) >= 11 is 0. The molecular weight excluding hydrogens is 463 g/mol. The summed E-state index contributed by atoms with van der Waals surface area (Å²) in [6.07, 6.45) is -0.780. The van der Waals surface area contributed by atoms with Gasteiger partial charge in [0.15, 0.2) is 8.38 Å². The Labute approximate surface area is 193 Å². The maximum atomic E-state index is 12.5. The van der Waals surface area contributed by atoms with Crippen molar-refractivity contribution in [2.24, 2.45) is 0 Å². The number of alkyl carbamates (subject to hydrolysis) is 1. The number of hydrogen-bond acceptors (Lipinski definition) is 6. The molecule has 0 saturated heterocycles. The van der Waals surface area contributed by atoms with Gasteiger partial charge in [0.25, 0.3) is 0 Å². The van der Waals surface area contributed by atoms with Crippen LogP contribution in [-0.4, -0.2) is 43.2 Å². The van der Waals surface area contributed by atoms with Gasteiger partial charge in [-0.25, -0.2) is 13.2 Å². The van der Waals surface area contributed by atoms with Gasteiger partial charge in [-0.15, -0.1) is 0 Å². The van der Waals surface area contributed by atoms with E-state index in [2.05, 4.69) is 10.0 Å². The first-order chi connectivity index (χ1) is 15.9. The molecule has 3 aromatic carbocycles. The Kier molecular flexibility index (Phi) is 7.07. The minimum atomic E-state index is -3.99. The molecule has 0 radical (unpaired) electrons. The molecule has 10 heteroatoms. The number of carbonyl (C=O) groups excluding carboxylic acids is 1. The van der Waals surface area contributed by atoms with E-state index in [9.17, 15) is 23.0 Å². The summed E-state index contributed by atoms with van der Waals surface area (Å²) in [5.74, 6) is -1.42. The van der Waals surface area contributed by atoms with Crippen molar-refractivity contribution in [3.05, 3.63) is 90.0 Å². The largest absolute Gasteiger partial charge is 0.449 e. The predicted octanol–water partition coefficient (Wildman–Crippen LogP) is 3.13. The number of hydrogen-bond donors (Lipinski definition) is 4. The van der Waals surface area contributed by atoms with Gasteiger partial charge in [-0.2, -0.15) is 4.72 Å². The highest BCUT2D eigenvalue weighted by Crippen LogP contribution is 2.44. The molecule has 0 saturated carbocycles. The molecule has 0 spiro atoms. The number of benzene rings is 3. The van der Waals surface area contributed by atoms with E-state index >= 15 is 0 Å². The van der Waals surface area contributed by atoms with Crippen molar-refractivity contribution in [2.45, 2.75) is 16.6 Å². The first-order valence-electron chi connectivity index (χ1n) is 10.2. The van der Waals surface area contributed by atoms with Crippen molar-refractivity contribution in [1.29, 1.82) is 0 Å². The lowest BCUT2D eigenvalue weighted by atomic mass is 9.98. The highest BCUT2D eigenvalue weighted by atomic mass is 32.2. The van der Waals surface area contributed by atoms with Crippen LogP contribution < -0.4 is 10.0 Å². The Morgan fingerprint density at radius 2 is 1.45 bits per heavy atom. The van der Waals surface area contributed by atoms with Crippen LogP contribution in [0.15, 0.2) is 83.8 Å². The Bertz CT molecular complexity index is 1190. The molecule has 1 unspecified atom stereocenters. The summed E-state index contributed by atoms with van der Waals surface area (Å²) in [6, 6.07) is 23.4. The summed E-state index contributed by atoms with van der Waals surface area (Å²) in [5.41, 5.74) is 4.33. The van der Waals surface area contributed by atoms with Crippen LogP contribution in [0.5, 0.6) is 0 Å². The number of fused-ring (bicyclic) bond motifs is 3. The van der Waals surface area contributed by atoms with Crippen molar-refractivity contribution in [3.8, 4) is 11.1 Å². The van der Waals surface area contributed by atoms with Crippen LogP contribution in [0.4, 0.5) is 4.79 Å². The van der Waals surface area contributed by atoms with Gasteiger partial charge in [-0.1, -0.05) is 66.7 Å². The molecule has 0 aromatic heterocycles. The number of rotatable bonds is 8. The second-order valence-electron chi connectivity index (χ2n) is 7.48. The van der Waals surface area contributed by atoms with Gasteiger partial charge < -0.3 is 19.8 Å². The van der Waals surface area contributed by atoms with Gasteiger partial charge in [0.05, 0.1) is 4.90 Å². The van der Waals surface area contributed by atoms with Crippen LogP contribution in [0.1, 0.15) is 17.0 Å². The second-order valence-corrected chi connectivity index (χ2v) is 10.5. The summed E-state index contributed by atoms with van der Waals surface area (Å²) in [5, 5.41) is 2.42. The second kappa shape index (κ2) is 9.99. The fraction of sp³-hybridized carbons (Fsp3) is 0.174. The zero-order chi connectivity index (χ0) is 23.4. The third-order valence-corrected chi connectivity index (χ3v) is 7.94. The molecule has 4 rings (SSSR count). The third-order valence-electron chi connectivity index (χ3n) is 5.41. The first-order valence-corrected chi connectivity index (χ1v) is 13.0. The van der Waals surface area contributed by atoms with Gasteiger partial charge in [0.2, 0.25) is 10.0 Å². The molecule has 33 heavy (non-hydrogen) atoms. The smallest absolute Gasteiger partial charge is 0.407 e. The van der Waals surface area contributed by atoms with Crippen LogP contribution in [0, 0.1) is 0 Å². The zero-order valence-corrected chi connectivity index (χ0v) is 19.2. The van der Waals surface area contributed by atoms with E-state index in [1.54, 1.807) is 18.2 Å². The van der Waals surface area contributed by atoms with Crippen LogP contribution in [0.2, 0.25) is 0 Å². The normalized spacial score (nSPS) is 13.9. The first kappa shape index (κ1) is 23.4. The van der Waals surface area contributed by atoms with Gasteiger partial charge in [-0.3, -0.25) is 0 Å². The topological polar surface area (TPSA) is 125 Å². The molecule has 1 aliphatic carbocycles. The SMILES string of the molecule is O=C(NCC(NS(=O)(=O)c1ccccc1)P(O)O)OCC1c2ccccc2-c2ccccc21. The van der Waals surface area contributed by atoms with Crippen LogP contribution in [-0.2, 0) is 14.8 Å². The van der Waals surface area contributed by atoms with Gasteiger partial charge in [0.1, 0.15) is 12.4 Å². The highest BCUT2D eigenvalue weighted by molar-refractivity contribution is 7.89. The molecule has 0 fully saturated rings. The van der Waals surface area contributed by atoms with Crippen molar-refractivity contribution < 1.29 is 27.7 Å². The number of carbonyl (C=O) groups is 1. The standard InChI is InChI=1S/C23H23N2O6PS/c26-23(24-14-22(32(27)28)25-33(29,30)16-8-2-1-3-9-16)31-15-21-19-12-6-4-10-17(19)18-11-5-7-13-20(18)21/h1-13,21-22,25,27-28H,14-15H2,(H,24,26). The maximum Gasteiger partial charge on any atom is 0.407 e. The van der Waals surface area contributed by atoms with Crippen LogP contribution in [0.3, 0.4) is 0 Å². The molecule has 1 amide bonds. The minimum absolute atomic E-state index is 0.0204. The monoisotopic (exact) mass is 486 g/mol. The number of amides is 1. The average molecular weight is 486 g/mol. The Morgan fingerprint density at radius 3 is 2.03 bits per heavy atom. The molecule has 0 aliphatic heterocycles. The molecule has 1 aliphatic rings. The molecule has 4 N–H and O–H groups in total. The molecular formula is C23H23N2O6PS. The summed E-state index contributed by atoms with van der Waals surface area (Å²) in [6.45, 7) is -0.255. The van der Waals surface area contributed by atoms with Crippen molar-refractivity contribution in [2.75, 3.05) is 13.2 Å². The Morgan fingerprint density at radius 1 is 0.909 bits per heavy atom.